The van der Waals surface area contributed by atoms with Gasteiger partial charge in [0.05, 0.1) is 11.2 Å². The summed E-state index contributed by atoms with van der Waals surface area (Å²) in [5.74, 6) is 1.03. The van der Waals surface area contributed by atoms with Crippen molar-refractivity contribution in [1.29, 1.82) is 0 Å². The molecule has 0 saturated heterocycles. The molecule has 2 heterocycles. The molecule has 2 aromatic heterocycles. The quantitative estimate of drug-likeness (QED) is 0.355. The minimum atomic E-state index is 0.295. The maximum absolute atomic E-state index is 9.78. The lowest BCUT2D eigenvalue weighted by molar-refractivity contribution is 0.474. The summed E-state index contributed by atoms with van der Waals surface area (Å²) in [7, 11) is 0. The first-order chi connectivity index (χ1) is 14.5. The van der Waals surface area contributed by atoms with E-state index >= 15 is 0 Å². The van der Waals surface area contributed by atoms with Crippen LogP contribution < -0.4 is 5.32 Å². The number of phenols is 1. The summed E-state index contributed by atoms with van der Waals surface area (Å²) in [5.41, 5.74) is 5.96. The zero-order valence-electron chi connectivity index (χ0n) is 17.5. The number of aromatic amines is 2. The Morgan fingerprint density at radius 2 is 2.03 bits per heavy atom. The number of H-pyrrole nitrogens is 2. The number of nitrogens with zero attached hydrogens (tertiary/aromatic N) is 2. The van der Waals surface area contributed by atoms with Crippen LogP contribution in [0.1, 0.15) is 32.0 Å². The van der Waals surface area contributed by atoms with Gasteiger partial charge in [0.25, 0.3) is 0 Å². The van der Waals surface area contributed by atoms with Crippen LogP contribution in [0, 0.1) is 0 Å². The molecular weight excluding hydrogens is 374 g/mol. The van der Waals surface area contributed by atoms with Crippen molar-refractivity contribution in [3.63, 3.8) is 0 Å². The predicted molar refractivity (Wildman–Crippen MR) is 122 cm³/mol. The standard InChI is InChI=1S/C24H27N5O/c1-4-16-12-19(30)8-10-20(16)17-7-9-21-22(13-17)28-29-23(21)24-26-14-18(27-24)6-5-11-25-15(2)3/h5-10,12-15,25,30H,4,11H2,1-3H3,(H,26,27)(H,28,29)/b6-5+. The molecule has 4 rings (SSSR count). The van der Waals surface area contributed by atoms with E-state index < -0.39 is 0 Å². The van der Waals surface area contributed by atoms with Crippen molar-refractivity contribution < 1.29 is 5.11 Å². The molecule has 6 heteroatoms. The van der Waals surface area contributed by atoms with E-state index in [0.717, 1.165) is 57.8 Å². The number of phenolic OH excluding ortho intramolecular Hbond substituents is 1. The van der Waals surface area contributed by atoms with E-state index in [1.165, 1.54) is 0 Å². The van der Waals surface area contributed by atoms with Crippen molar-refractivity contribution in [2.45, 2.75) is 33.2 Å². The Morgan fingerprint density at radius 3 is 2.83 bits per heavy atom. The summed E-state index contributed by atoms with van der Waals surface area (Å²) in [6.07, 6.45) is 6.81. The number of hydrogen-bond donors (Lipinski definition) is 4. The fourth-order valence-electron chi connectivity index (χ4n) is 3.55. The maximum Gasteiger partial charge on any atom is 0.159 e. The molecular formula is C24H27N5O. The molecule has 0 unspecified atom stereocenters. The molecule has 0 saturated carbocycles. The summed E-state index contributed by atoms with van der Waals surface area (Å²) in [6, 6.07) is 12.2. The minimum Gasteiger partial charge on any atom is -0.508 e. The average molecular weight is 402 g/mol. The molecule has 6 nitrogen and oxygen atoms in total. The lowest BCUT2D eigenvalue weighted by Crippen LogP contribution is -2.22. The van der Waals surface area contributed by atoms with Crippen LogP contribution in [0.3, 0.4) is 0 Å². The molecule has 0 fully saturated rings. The molecule has 0 spiro atoms. The highest BCUT2D eigenvalue weighted by atomic mass is 16.3. The van der Waals surface area contributed by atoms with Gasteiger partial charge >= 0.3 is 0 Å². The van der Waals surface area contributed by atoms with Crippen LogP contribution in [0.5, 0.6) is 5.75 Å². The zero-order valence-corrected chi connectivity index (χ0v) is 17.5. The smallest absolute Gasteiger partial charge is 0.159 e. The summed E-state index contributed by atoms with van der Waals surface area (Å²) >= 11 is 0. The highest BCUT2D eigenvalue weighted by molar-refractivity contribution is 5.94. The third kappa shape index (κ3) is 4.14. The normalized spacial score (nSPS) is 11.9. The molecule has 4 N–H and O–H groups in total. The topological polar surface area (TPSA) is 89.6 Å². The molecule has 0 aliphatic carbocycles. The van der Waals surface area contributed by atoms with Gasteiger partial charge in [-0.3, -0.25) is 5.10 Å². The molecule has 2 aromatic carbocycles. The first kappa shape index (κ1) is 19.9. The lowest BCUT2D eigenvalue weighted by atomic mass is 9.97. The number of fused-ring (bicyclic) bond motifs is 1. The van der Waals surface area contributed by atoms with E-state index in [9.17, 15) is 5.11 Å². The van der Waals surface area contributed by atoms with E-state index in [2.05, 4.69) is 70.5 Å². The molecule has 4 aromatic rings. The van der Waals surface area contributed by atoms with E-state index in [-0.39, 0.29) is 0 Å². The van der Waals surface area contributed by atoms with Gasteiger partial charge in [-0.15, -0.1) is 0 Å². The van der Waals surface area contributed by atoms with Crippen molar-refractivity contribution in [1.82, 2.24) is 25.5 Å². The molecule has 0 aliphatic rings. The number of hydrogen-bond acceptors (Lipinski definition) is 4. The van der Waals surface area contributed by atoms with E-state index in [1.54, 1.807) is 6.07 Å². The number of aromatic nitrogens is 4. The Bertz CT molecular complexity index is 1190. The summed E-state index contributed by atoms with van der Waals surface area (Å²) in [6.45, 7) is 7.15. The van der Waals surface area contributed by atoms with Crippen molar-refractivity contribution in [2.24, 2.45) is 0 Å². The van der Waals surface area contributed by atoms with Gasteiger partial charge in [-0.1, -0.05) is 39.0 Å². The molecule has 0 bridgehead atoms. The van der Waals surface area contributed by atoms with Crippen LogP contribution in [-0.4, -0.2) is 37.9 Å². The molecule has 0 atom stereocenters. The first-order valence-electron chi connectivity index (χ1n) is 10.3. The lowest BCUT2D eigenvalue weighted by Gasteiger charge is -2.09. The Hall–Kier alpha value is -3.38. The van der Waals surface area contributed by atoms with Gasteiger partial charge in [0, 0.05) is 24.2 Å². The van der Waals surface area contributed by atoms with E-state index in [4.69, 9.17) is 0 Å². The second-order valence-corrected chi connectivity index (χ2v) is 7.67. The summed E-state index contributed by atoms with van der Waals surface area (Å²) < 4.78 is 0. The third-order valence-corrected chi connectivity index (χ3v) is 5.10. The van der Waals surface area contributed by atoms with Crippen molar-refractivity contribution in [3.8, 4) is 28.4 Å². The Morgan fingerprint density at radius 1 is 1.17 bits per heavy atom. The molecule has 30 heavy (non-hydrogen) atoms. The summed E-state index contributed by atoms with van der Waals surface area (Å²) in [5, 5.41) is 21.8. The van der Waals surface area contributed by atoms with E-state index in [1.807, 2.05) is 24.4 Å². The molecule has 154 valence electrons. The monoisotopic (exact) mass is 401 g/mol. The van der Waals surface area contributed by atoms with Crippen molar-refractivity contribution in [3.05, 3.63) is 59.9 Å². The highest BCUT2D eigenvalue weighted by Gasteiger charge is 2.13. The Kier molecular flexibility index (Phi) is 5.68. The Labute approximate surface area is 176 Å². The third-order valence-electron chi connectivity index (χ3n) is 5.10. The van der Waals surface area contributed by atoms with Crippen LogP contribution in [0.2, 0.25) is 0 Å². The number of benzene rings is 2. The van der Waals surface area contributed by atoms with Crippen LogP contribution >= 0.6 is 0 Å². The summed E-state index contributed by atoms with van der Waals surface area (Å²) in [4.78, 5) is 7.88. The number of imidazole rings is 1. The Balaban J connectivity index is 1.61. The minimum absolute atomic E-state index is 0.295. The van der Waals surface area contributed by atoms with Gasteiger partial charge in [0.2, 0.25) is 0 Å². The largest absolute Gasteiger partial charge is 0.508 e. The number of aromatic hydroxyl groups is 1. The number of aryl methyl sites for hydroxylation is 1. The maximum atomic E-state index is 9.78. The number of rotatable bonds is 7. The van der Waals surface area contributed by atoms with Gasteiger partial charge in [-0.05, 0) is 53.5 Å². The van der Waals surface area contributed by atoms with Crippen molar-refractivity contribution >= 4 is 17.0 Å². The van der Waals surface area contributed by atoms with Gasteiger partial charge in [-0.2, -0.15) is 5.10 Å². The van der Waals surface area contributed by atoms with Crippen molar-refractivity contribution in [2.75, 3.05) is 6.54 Å². The SMILES string of the molecule is CCc1cc(O)ccc1-c1ccc2c(-c3nc(/C=C/CNC(C)C)c[nH]3)n[nH]c2c1. The van der Waals surface area contributed by atoms with Gasteiger partial charge in [-0.25, -0.2) is 4.98 Å². The average Bonchev–Trinajstić information content (AvgIpc) is 3.37. The van der Waals surface area contributed by atoms with E-state index in [0.29, 0.717) is 11.8 Å². The highest BCUT2D eigenvalue weighted by Crippen LogP contribution is 2.32. The van der Waals surface area contributed by atoms with Crippen LogP contribution in [0.25, 0.3) is 39.6 Å². The van der Waals surface area contributed by atoms with Gasteiger partial charge < -0.3 is 15.4 Å². The zero-order chi connectivity index (χ0) is 21.1. The fraction of sp³-hybridized carbons (Fsp3) is 0.250. The predicted octanol–water partition coefficient (Wildman–Crippen LogP) is 4.90. The molecule has 0 aliphatic heterocycles. The van der Waals surface area contributed by atoms with Crippen LogP contribution in [-0.2, 0) is 6.42 Å². The molecule has 0 amide bonds. The fourth-order valence-corrected chi connectivity index (χ4v) is 3.55. The second-order valence-electron chi connectivity index (χ2n) is 7.67. The first-order valence-corrected chi connectivity index (χ1v) is 10.3. The van der Waals surface area contributed by atoms with Gasteiger partial charge in [0.15, 0.2) is 5.82 Å². The van der Waals surface area contributed by atoms with Crippen LogP contribution in [0.15, 0.2) is 48.7 Å². The van der Waals surface area contributed by atoms with Gasteiger partial charge in [0.1, 0.15) is 11.4 Å². The van der Waals surface area contributed by atoms with Crippen LogP contribution in [0.4, 0.5) is 0 Å². The number of nitrogens with one attached hydrogen (secondary N) is 3. The molecule has 0 radical (unpaired) electrons. The second kappa shape index (κ2) is 8.55.